The number of imidazole rings is 1. The van der Waals surface area contributed by atoms with Gasteiger partial charge in [0, 0.05) is 12.6 Å². The fourth-order valence-corrected chi connectivity index (χ4v) is 3.06. The zero-order valence-corrected chi connectivity index (χ0v) is 14.6. The van der Waals surface area contributed by atoms with Crippen molar-refractivity contribution in [1.82, 2.24) is 9.55 Å². The van der Waals surface area contributed by atoms with E-state index in [-0.39, 0.29) is 11.5 Å². The van der Waals surface area contributed by atoms with Crippen molar-refractivity contribution in [3.8, 4) is 0 Å². The Morgan fingerprint density at radius 2 is 2.08 bits per heavy atom. The third-order valence-electron chi connectivity index (χ3n) is 4.95. The number of benzene rings is 1. The SMILES string of the molecule is CC1(C)CCC(c2cncn2CCOCc2ccccc2)=CC1N. The zero-order valence-electron chi connectivity index (χ0n) is 14.6. The zero-order chi connectivity index (χ0) is 17.0. The molecule has 0 saturated heterocycles. The maximum atomic E-state index is 6.31. The summed E-state index contributed by atoms with van der Waals surface area (Å²) in [4.78, 5) is 4.32. The van der Waals surface area contributed by atoms with Crippen molar-refractivity contribution < 1.29 is 4.74 Å². The van der Waals surface area contributed by atoms with Crippen LogP contribution in [0.2, 0.25) is 0 Å². The van der Waals surface area contributed by atoms with Crippen LogP contribution in [0.25, 0.3) is 5.57 Å². The minimum absolute atomic E-state index is 0.0962. The van der Waals surface area contributed by atoms with Gasteiger partial charge in [-0.1, -0.05) is 50.3 Å². The lowest BCUT2D eigenvalue weighted by molar-refractivity contribution is 0.113. The largest absolute Gasteiger partial charge is 0.375 e. The summed E-state index contributed by atoms with van der Waals surface area (Å²) >= 11 is 0. The molecule has 4 heteroatoms. The molecule has 0 amide bonds. The van der Waals surface area contributed by atoms with Crippen LogP contribution in [-0.4, -0.2) is 22.2 Å². The molecular weight excluding hydrogens is 298 g/mol. The van der Waals surface area contributed by atoms with Crippen molar-refractivity contribution >= 4 is 5.57 Å². The number of nitrogens with zero attached hydrogens (tertiary/aromatic N) is 2. The first-order valence-corrected chi connectivity index (χ1v) is 8.65. The molecule has 1 heterocycles. The van der Waals surface area contributed by atoms with Gasteiger partial charge in [0.25, 0.3) is 0 Å². The number of hydrogen-bond donors (Lipinski definition) is 1. The number of nitrogens with two attached hydrogens (primary N) is 1. The van der Waals surface area contributed by atoms with E-state index in [1.807, 2.05) is 30.7 Å². The molecule has 1 aromatic carbocycles. The van der Waals surface area contributed by atoms with Crippen LogP contribution in [0, 0.1) is 5.41 Å². The average molecular weight is 325 g/mol. The van der Waals surface area contributed by atoms with E-state index in [1.54, 1.807) is 0 Å². The second-order valence-electron chi connectivity index (χ2n) is 7.22. The molecular formula is C20H27N3O. The van der Waals surface area contributed by atoms with Crippen LogP contribution in [0.3, 0.4) is 0 Å². The predicted molar refractivity (Wildman–Crippen MR) is 97.3 cm³/mol. The molecule has 2 N–H and O–H groups in total. The van der Waals surface area contributed by atoms with Crippen molar-refractivity contribution in [1.29, 1.82) is 0 Å². The second-order valence-corrected chi connectivity index (χ2v) is 7.22. The lowest BCUT2D eigenvalue weighted by Gasteiger charge is -2.34. The highest BCUT2D eigenvalue weighted by Crippen LogP contribution is 2.37. The van der Waals surface area contributed by atoms with Crippen LogP contribution >= 0.6 is 0 Å². The quantitative estimate of drug-likeness (QED) is 0.825. The first kappa shape index (κ1) is 16.9. The highest BCUT2D eigenvalue weighted by Gasteiger charge is 2.30. The van der Waals surface area contributed by atoms with E-state index in [0.717, 1.165) is 19.4 Å². The van der Waals surface area contributed by atoms with Gasteiger partial charge in [-0.05, 0) is 29.4 Å². The number of rotatable bonds is 6. The van der Waals surface area contributed by atoms with Crippen LogP contribution in [0.5, 0.6) is 0 Å². The van der Waals surface area contributed by atoms with Crippen molar-refractivity contribution in [3.63, 3.8) is 0 Å². The minimum atomic E-state index is 0.0962. The van der Waals surface area contributed by atoms with Crippen LogP contribution in [0.4, 0.5) is 0 Å². The molecule has 0 bridgehead atoms. The molecule has 3 rings (SSSR count). The van der Waals surface area contributed by atoms with Crippen LogP contribution in [0.1, 0.15) is 37.9 Å². The number of hydrogen-bond acceptors (Lipinski definition) is 3. The van der Waals surface area contributed by atoms with Gasteiger partial charge in [0.15, 0.2) is 0 Å². The summed E-state index contributed by atoms with van der Waals surface area (Å²) in [6.45, 7) is 6.59. The fourth-order valence-electron chi connectivity index (χ4n) is 3.06. The van der Waals surface area contributed by atoms with E-state index in [2.05, 4.69) is 41.6 Å². The van der Waals surface area contributed by atoms with E-state index < -0.39 is 0 Å². The van der Waals surface area contributed by atoms with Gasteiger partial charge in [-0.3, -0.25) is 0 Å². The van der Waals surface area contributed by atoms with Gasteiger partial charge >= 0.3 is 0 Å². The van der Waals surface area contributed by atoms with Crippen LogP contribution in [-0.2, 0) is 17.9 Å². The lowest BCUT2D eigenvalue weighted by Crippen LogP contribution is -2.38. The van der Waals surface area contributed by atoms with Crippen LogP contribution in [0.15, 0.2) is 48.9 Å². The van der Waals surface area contributed by atoms with Gasteiger partial charge in [0.2, 0.25) is 0 Å². The molecule has 2 aromatic rings. The average Bonchev–Trinajstić information content (AvgIpc) is 3.04. The summed E-state index contributed by atoms with van der Waals surface area (Å²) in [5.41, 5.74) is 10.2. The van der Waals surface area contributed by atoms with Gasteiger partial charge in [0.05, 0.1) is 31.4 Å². The standard InChI is InChI=1S/C20H27N3O/c1-20(2)9-8-17(12-19(20)21)18-13-22-15-23(18)10-11-24-14-16-6-4-3-5-7-16/h3-7,12-13,15,19H,8-11,14,21H2,1-2H3. The molecule has 0 spiro atoms. The maximum absolute atomic E-state index is 6.31. The molecule has 1 atom stereocenters. The van der Waals surface area contributed by atoms with Gasteiger partial charge in [-0.15, -0.1) is 0 Å². The van der Waals surface area contributed by atoms with Gasteiger partial charge in [0.1, 0.15) is 0 Å². The minimum Gasteiger partial charge on any atom is -0.375 e. The predicted octanol–water partition coefficient (Wildman–Crippen LogP) is 3.63. The Kier molecular flexibility index (Phi) is 5.17. The van der Waals surface area contributed by atoms with E-state index in [1.165, 1.54) is 16.8 Å². The lowest BCUT2D eigenvalue weighted by atomic mass is 9.74. The number of ether oxygens (including phenoxy) is 1. The normalized spacial score (nSPS) is 20.0. The molecule has 0 aliphatic heterocycles. The van der Waals surface area contributed by atoms with Gasteiger partial charge < -0.3 is 15.0 Å². The van der Waals surface area contributed by atoms with Crippen LogP contribution < -0.4 is 5.73 Å². The third kappa shape index (κ3) is 3.94. The molecule has 4 nitrogen and oxygen atoms in total. The topological polar surface area (TPSA) is 53.1 Å². The second kappa shape index (κ2) is 7.32. The Hall–Kier alpha value is -1.91. The smallest absolute Gasteiger partial charge is 0.0951 e. The summed E-state index contributed by atoms with van der Waals surface area (Å²) in [5.74, 6) is 0. The third-order valence-corrected chi connectivity index (χ3v) is 4.95. The monoisotopic (exact) mass is 325 g/mol. The Bertz CT molecular complexity index is 688. The molecule has 1 aliphatic carbocycles. The molecule has 0 saturated carbocycles. The summed E-state index contributed by atoms with van der Waals surface area (Å²) in [5, 5.41) is 0. The molecule has 0 fully saturated rings. The van der Waals surface area contributed by atoms with Crippen molar-refractivity contribution in [2.24, 2.45) is 11.1 Å². The number of aromatic nitrogens is 2. The molecule has 0 radical (unpaired) electrons. The maximum Gasteiger partial charge on any atom is 0.0951 e. The fraction of sp³-hybridized carbons (Fsp3) is 0.450. The van der Waals surface area contributed by atoms with Crippen molar-refractivity contribution in [2.75, 3.05) is 6.61 Å². The van der Waals surface area contributed by atoms with Crippen molar-refractivity contribution in [2.45, 2.75) is 45.9 Å². The van der Waals surface area contributed by atoms with Crippen molar-refractivity contribution in [3.05, 3.63) is 60.2 Å². The Balaban J connectivity index is 1.58. The van der Waals surface area contributed by atoms with E-state index in [4.69, 9.17) is 10.5 Å². The summed E-state index contributed by atoms with van der Waals surface area (Å²) in [7, 11) is 0. The molecule has 1 unspecified atom stereocenters. The highest BCUT2D eigenvalue weighted by atomic mass is 16.5. The summed E-state index contributed by atoms with van der Waals surface area (Å²) in [6.07, 6.45) is 8.19. The van der Waals surface area contributed by atoms with E-state index in [9.17, 15) is 0 Å². The Morgan fingerprint density at radius 1 is 1.29 bits per heavy atom. The summed E-state index contributed by atoms with van der Waals surface area (Å²) < 4.78 is 7.97. The first-order valence-electron chi connectivity index (χ1n) is 8.65. The summed E-state index contributed by atoms with van der Waals surface area (Å²) in [6, 6.07) is 10.3. The molecule has 1 aliphatic rings. The first-order chi connectivity index (χ1) is 11.6. The Morgan fingerprint density at radius 3 is 2.83 bits per heavy atom. The highest BCUT2D eigenvalue weighted by molar-refractivity contribution is 5.64. The van der Waals surface area contributed by atoms with Gasteiger partial charge in [-0.2, -0.15) is 0 Å². The molecule has 128 valence electrons. The Labute approximate surface area is 144 Å². The molecule has 1 aromatic heterocycles. The van der Waals surface area contributed by atoms with E-state index in [0.29, 0.717) is 13.2 Å². The van der Waals surface area contributed by atoms with Gasteiger partial charge in [-0.25, -0.2) is 4.98 Å². The molecule has 24 heavy (non-hydrogen) atoms. The number of allylic oxidation sites excluding steroid dienone is 1. The van der Waals surface area contributed by atoms with E-state index >= 15 is 0 Å².